The summed E-state index contributed by atoms with van der Waals surface area (Å²) in [4.78, 5) is 11.7. The Morgan fingerprint density at radius 1 is 1.38 bits per heavy atom. The van der Waals surface area contributed by atoms with Crippen molar-refractivity contribution < 1.29 is 9.53 Å². The predicted molar refractivity (Wildman–Crippen MR) is 60.9 cm³/mol. The van der Waals surface area contributed by atoms with Gasteiger partial charge in [-0.1, -0.05) is 6.92 Å². The molecule has 0 amide bonds. The van der Waals surface area contributed by atoms with E-state index in [9.17, 15) is 4.79 Å². The molecule has 0 spiro atoms. The van der Waals surface area contributed by atoms with Crippen LogP contribution in [0.3, 0.4) is 0 Å². The molecule has 1 aromatic rings. The van der Waals surface area contributed by atoms with Crippen molar-refractivity contribution in [1.82, 2.24) is 0 Å². The Morgan fingerprint density at radius 2 is 1.94 bits per heavy atom. The topological polar surface area (TPSA) is 50.1 Å². The molecule has 0 saturated heterocycles. The zero-order valence-corrected chi connectivity index (χ0v) is 9.78. The van der Waals surface area contributed by atoms with Gasteiger partial charge in [-0.3, -0.25) is 4.79 Å². The number of nitrogens with zero attached hydrogens (tertiary/aromatic N) is 1. The van der Waals surface area contributed by atoms with Crippen LogP contribution in [0, 0.1) is 16.7 Å². The molecule has 0 unspecified atom stereocenters. The molecule has 0 aliphatic rings. The molecule has 1 aromatic carbocycles. The van der Waals surface area contributed by atoms with Gasteiger partial charge in [0, 0.05) is 0 Å². The molecule has 0 N–H and O–H groups in total. The van der Waals surface area contributed by atoms with Gasteiger partial charge in [0.15, 0.2) is 0 Å². The lowest BCUT2D eigenvalue weighted by Gasteiger charge is -2.19. The lowest BCUT2D eigenvalue weighted by Crippen LogP contribution is -2.28. The number of rotatable bonds is 3. The Labute approximate surface area is 95.7 Å². The second-order valence-corrected chi connectivity index (χ2v) is 4.26. The normalized spacial score (nSPS) is 10.6. The first kappa shape index (κ1) is 12.3. The molecule has 16 heavy (non-hydrogen) atoms. The molecule has 0 heterocycles. The maximum atomic E-state index is 11.7. The van der Waals surface area contributed by atoms with Gasteiger partial charge in [0.25, 0.3) is 0 Å². The molecular weight excluding hydrogens is 202 g/mol. The number of nitriles is 1. The molecule has 3 nitrogen and oxygen atoms in total. The number of benzene rings is 1. The molecule has 0 atom stereocenters. The van der Waals surface area contributed by atoms with Crippen LogP contribution in [0.1, 0.15) is 32.8 Å². The summed E-state index contributed by atoms with van der Waals surface area (Å²) in [5.41, 5.74) is 0.0722. The van der Waals surface area contributed by atoms with Gasteiger partial charge in [-0.2, -0.15) is 5.26 Å². The van der Waals surface area contributed by atoms with E-state index in [0.717, 1.165) is 6.42 Å². The maximum Gasteiger partial charge on any atom is 0.316 e. The predicted octanol–water partition coefficient (Wildman–Crippen LogP) is 2.90. The van der Waals surface area contributed by atoms with Gasteiger partial charge < -0.3 is 4.74 Å². The van der Waals surface area contributed by atoms with Gasteiger partial charge in [-0.05, 0) is 44.5 Å². The highest BCUT2D eigenvalue weighted by Crippen LogP contribution is 2.23. The summed E-state index contributed by atoms with van der Waals surface area (Å²) >= 11 is 0. The Bertz CT molecular complexity index is 413. The minimum atomic E-state index is -0.478. The first-order valence-electron chi connectivity index (χ1n) is 5.22. The Balaban J connectivity index is 2.75. The molecular formula is C13H15NO2. The van der Waals surface area contributed by atoms with Gasteiger partial charge in [0.05, 0.1) is 17.0 Å². The van der Waals surface area contributed by atoms with Crippen LogP contribution in [-0.4, -0.2) is 5.97 Å². The van der Waals surface area contributed by atoms with Crippen molar-refractivity contribution in [2.45, 2.75) is 27.2 Å². The molecule has 84 valence electrons. The van der Waals surface area contributed by atoms with Crippen LogP contribution in [-0.2, 0) is 4.79 Å². The van der Waals surface area contributed by atoms with E-state index in [0.29, 0.717) is 11.3 Å². The number of esters is 1. The summed E-state index contributed by atoms with van der Waals surface area (Å²) in [5, 5.41) is 8.62. The number of carbonyl (C=O) groups is 1. The number of ether oxygens (including phenoxy) is 1. The standard InChI is InChI=1S/C13H15NO2/c1-4-13(2,3)12(15)16-11-7-5-10(9-14)6-8-11/h5-8H,4H2,1-3H3. The fraction of sp³-hybridized carbons (Fsp3) is 0.385. The van der Waals surface area contributed by atoms with Crippen molar-refractivity contribution in [2.24, 2.45) is 5.41 Å². The zero-order valence-electron chi connectivity index (χ0n) is 9.78. The van der Waals surface area contributed by atoms with Crippen molar-refractivity contribution >= 4 is 5.97 Å². The van der Waals surface area contributed by atoms with E-state index in [1.54, 1.807) is 24.3 Å². The van der Waals surface area contributed by atoms with Crippen LogP contribution in [0.2, 0.25) is 0 Å². The third-order valence-electron chi connectivity index (χ3n) is 2.63. The molecule has 0 saturated carbocycles. The van der Waals surface area contributed by atoms with Gasteiger partial charge in [-0.15, -0.1) is 0 Å². The smallest absolute Gasteiger partial charge is 0.316 e. The highest BCUT2D eigenvalue weighted by molar-refractivity contribution is 5.78. The third kappa shape index (κ3) is 2.83. The van der Waals surface area contributed by atoms with Crippen molar-refractivity contribution in [3.63, 3.8) is 0 Å². The average Bonchev–Trinajstić information content (AvgIpc) is 2.30. The minimum Gasteiger partial charge on any atom is -0.426 e. The lowest BCUT2D eigenvalue weighted by molar-refractivity contribution is -0.144. The summed E-state index contributed by atoms with van der Waals surface area (Å²) in [7, 11) is 0. The number of hydrogen-bond donors (Lipinski definition) is 0. The quantitative estimate of drug-likeness (QED) is 0.577. The van der Waals surface area contributed by atoms with Crippen LogP contribution in [0.4, 0.5) is 0 Å². The van der Waals surface area contributed by atoms with Gasteiger partial charge >= 0.3 is 5.97 Å². The summed E-state index contributed by atoms with van der Waals surface area (Å²) < 4.78 is 5.22. The van der Waals surface area contributed by atoms with E-state index in [1.165, 1.54) is 0 Å². The van der Waals surface area contributed by atoms with Crippen LogP contribution < -0.4 is 4.74 Å². The Hall–Kier alpha value is -1.82. The van der Waals surface area contributed by atoms with Gasteiger partial charge in [-0.25, -0.2) is 0 Å². The van der Waals surface area contributed by atoms with Crippen molar-refractivity contribution in [2.75, 3.05) is 0 Å². The van der Waals surface area contributed by atoms with Crippen molar-refractivity contribution in [3.05, 3.63) is 29.8 Å². The van der Waals surface area contributed by atoms with Crippen LogP contribution >= 0.6 is 0 Å². The van der Waals surface area contributed by atoms with Gasteiger partial charge in [0.2, 0.25) is 0 Å². The van der Waals surface area contributed by atoms with Crippen LogP contribution in [0.5, 0.6) is 5.75 Å². The zero-order chi connectivity index (χ0) is 12.2. The highest BCUT2D eigenvalue weighted by atomic mass is 16.5. The molecule has 0 aliphatic carbocycles. The van der Waals surface area contributed by atoms with Crippen LogP contribution in [0.25, 0.3) is 0 Å². The largest absolute Gasteiger partial charge is 0.426 e. The fourth-order valence-electron chi connectivity index (χ4n) is 0.987. The van der Waals surface area contributed by atoms with E-state index < -0.39 is 5.41 Å². The molecule has 0 fully saturated rings. The van der Waals surface area contributed by atoms with Crippen molar-refractivity contribution in [1.29, 1.82) is 5.26 Å². The second-order valence-electron chi connectivity index (χ2n) is 4.26. The minimum absolute atomic E-state index is 0.250. The molecule has 0 bridgehead atoms. The molecule has 0 aromatic heterocycles. The summed E-state index contributed by atoms with van der Waals surface area (Å²) in [6, 6.07) is 8.52. The lowest BCUT2D eigenvalue weighted by atomic mass is 9.91. The average molecular weight is 217 g/mol. The molecule has 3 heteroatoms. The number of carbonyl (C=O) groups excluding carboxylic acids is 1. The summed E-state index contributed by atoms with van der Waals surface area (Å²) in [6.45, 7) is 5.64. The molecule has 0 radical (unpaired) electrons. The van der Waals surface area contributed by atoms with Gasteiger partial charge in [0.1, 0.15) is 5.75 Å². The van der Waals surface area contributed by atoms with E-state index in [1.807, 2.05) is 26.8 Å². The molecule has 1 rings (SSSR count). The van der Waals surface area contributed by atoms with E-state index in [4.69, 9.17) is 10.00 Å². The van der Waals surface area contributed by atoms with Crippen LogP contribution in [0.15, 0.2) is 24.3 Å². The first-order chi connectivity index (χ1) is 7.49. The number of hydrogen-bond acceptors (Lipinski definition) is 3. The second kappa shape index (κ2) is 4.80. The summed E-state index contributed by atoms with van der Waals surface area (Å²) in [5.74, 6) is 0.227. The first-order valence-corrected chi connectivity index (χ1v) is 5.22. The Kier molecular flexibility index (Phi) is 3.68. The summed E-state index contributed by atoms with van der Waals surface area (Å²) in [6.07, 6.45) is 0.724. The maximum absolute atomic E-state index is 11.7. The van der Waals surface area contributed by atoms with E-state index >= 15 is 0 Å². The Morgan fingerprint density at radius 3 is 2.38 bits per heavy atom. The van der Waals surface area contributed by atoms with E-state index in [-0.39, 0.29) is 5.97 Å². The van der Waals surface area contributed by atoms with E-state index in [2.05, 4.69) is 0 Å². The van der Waals surface area contributed by atoms with Crippen molar-refractivity contribution in [3.8, 4) is 11.8 Å². The highest BCUT2D eigenvalue weighted by Gasteiger charge is 2.27. The molecule has 0 aliphatic heterocycles. The SMILES string of the molecule is CCC(C)(C)C(=O)Oc1ccc(C#N)cc1. The monoisotopic (exact) mass is 217 g/mol. The fourth-order valence-corrected chi connectivity index (χ4v) is 0.987. The third-order valence-corrected chi connectivity index (χ3v) is 2.63.